The number of benzene rings is 2. The molecule has 1 aliphatic carbocycles. The van der Waals surface area contributed by atoms with Crippen LogP contribution in [0.25, 0.3) is 0 Å². The Bertz CT molecular complexity index is 1300. The Morgan fingerprint density at radius 2 is 1.68 bits per heavy atom. The molecule has 2 aliphatic heterocycles. The second kappa shape index (κ2) is 9.85. The molecule has 5 rings (SSSR count). The molecule has 2 amide bonds. The van der Waals surface area contributed by atoms with E-state index in [0.29, 0.717) is 12.2 Å². The third kappa shape index (κ3) is 4.92. The lowest BCUT2D eigenvalue weighted by Gasteiger charge is -2.41. The topological polar surface area (TPSA) is 113 Å². The van der Waals surface area contributed by atoms with Crippen LogP contribution in [0.2, 0.25) is 0 Å². The SMILES string of the molecule is CS(=O)(=O)NCC[C@]1(C(N)=O)Cc2ccccc2N1C(=O)CCN1CCC2(CCc3ccccc32)CC1. The number of piperidine rings is 1. The van der Waals surface area contributed by atoms with Crippen molar-refractivity contribution < 1.29 is 18.0 Å². The smallest absolute Gasteiger partial charge is 0.244 e. The van der Waals surface area contributed by atoms with Crippen LogP contribution in [0.1, 0.15) is 48.8 Å². The number of primary amides is 1. The van der Waals surface area contributed by atoms with Crippen molar-refractivity contribution in [1.29, 1.82) is 0 Å². The summed E-state index contributed by atoms with van der Waals surface area (Å²) in [5.41, 5.74) is 9.42. The number of hydrogen-bond donors (Lipinski definition) is 2. The molecule has 3 aliphatic rings. The molecule has 0 saturated carbocycles. The first-order valence-corrected chi connectivity index (χ1v) is 15.0. The van der Waals surface area contributed by atoms with Gasteiger partial charge in [-0.25, -0.2) is 13.1 Å². The summed E-state index contributed by atoms with van der Waals surface area (Å²) in [4.78, 5) is 30.4. The lowest BCUT2D eigenvalue weighted by atomic mass is 9.74. The number of rotatable bonds is 8. The molecule has 2 aromatic rings. The molecular formula is C28H36N4O4S. The van der Waals surface area contributed by atoms with Crippen molar-refractivity contribution in [2.24, 2.45) is 5.73 Å². The fraction of sp³-hybridized carbons (Fsp3) is 0.500. The first-order chi connectivity index (χ1) is 17.6. The van der Waals surface area contributed by atoms with Gasteiger partial charge in [0.05, 0.1) is 6.26 Å². The standard InChI is InChI=1S/C28H36N4O4S/c1-37(35,36)30-16-13-28(26(29)34)20-22-7-3-5-9-24(22)32(28)25(33)11-17-31-18-14-27(15-19-31)12-10-21-6-2-4-8-23(21)27/h2-9,30H,10-20H2,1H3,(H2,29,34)/t28-/m1/s1. The molecule has 0 unspecified atom stereocenters. The van der Waals surface area contributed by atoms with Gasteiger partial charge in [-0.15, -0.1) is 0 Å². The molecule has 2 aromatic carbocycles. The van der Waals surface area contributed by atoms with Crippen molar-refractivity contribution >= 4 is 27.5 Å². The van der Waals surface area contributed by atoms with Crippen molar-refractivity contribution in [2.45, 2.75) is 55.9 Å². The number of carbonyl (C=O) groups is 2. The second-order valence-electron chi connectivity index (χ2n) is 10.9. The van der Waals surface area contributed by atoms with Gasteiger partial charge in [0.25, 0.3) is 0 Å². The van der Waals surface area contributed by atoms with Crippen LogP contribution in [-0.2, 0) is 37.9 Å². The van der Waals surface area contributed by atoms with Gasteiger partial charge in [-0.2, -0.15) is 0 Å². The molecule has 1 atom stereocenters. The monoisotopic (exact) mass is 524 g/mol. The number of nitrogens with one attached hydrogen (secondary N) is 1. The van der Waals surface area contributed by atoms with Crippen molar-refractivity contribution in [1.82, 2.24) is 9.62 Å². The summed E-state index contributed by atoms with van der Waals surface area (Å²) in [7, 11) is -3.44. The van der Waals surface area contributed by atoms with Crippen LogP contribution < -0.4 is 15.4 Å². The number of hydrogen-bond acceptors (Lipinski definition) is 5. The highest BCUT2D eigenvalue weighted by Crippen LogP contribution is 2.46. The zero-order valence-corrected chi connectivity index (χ0v) is 22.2. The summed E-state index contributed by atoms with van der Waals surface area (Å²) in [5.74, 6) is -0.776. The van der Waals surface area contributed by atoms with Crippen molar-refractivity contribution in [3.05, 3.63) is 65.2 Å². The number of anilines is 1. The van der Waals surface area contributed by atoms with E-state index < -0.39 is 21.5 Å². The maximum absolute atomic E-state index is 13.7. The number of carbonyl (C=O) groups excluding carboxylic acids is 2. The molecule has 0 bridgehead atoms. The van der Waals surface area contributed by atoms with Gasteiger partial charge in [0.15, 0.2) is 0 Å². The van der Waals surface area contributed by atoms with E-state index in [0.717, 1.165) is 44.2 Å². The minimum absolute atomic E-state index is 0.0230. The first-order valence-electron chi connectivity index (χ1n) is 13.1. The zero-order chi connectivity index (χ0) is 26.3. The second-order valence-corrected chi connectivity index (χ2v) is 12.7. The molecule has 1 fully saturated rings. The van der Waals surface area contributed by atoms with Crippen LogP contribution in [0.15, 0.2) is 48.5 Å². The van der Waals surface area contributed by atoms with Gasteiger partial charge in [-0.05, 0) is 73.4 Å². The summed E-state index contributed by atoms with van der Waals surface area (Å²) in [6.45, 7) is 2.52. The van der Waals surface area contributed by atoms with Gasteiger partial charge in [0, 0.05) is 31.6 Å². The van der Waals surface area contributed by atoms with E-state index >= 15 is 0 Å². The molecule has 0 aromatic heterocycles. The zero-order valence-electron chi connectivity index (χ0n) is 21.4. The van der Waals surface area contributed by atoms with Crippen LogP contribution in [-0.4, -0.2) is 63.1 Å². The van der Waals surface area contributed by atoms with Gasteiger partial charge in [0.2, 0.25) is 21.8 Å². The Kier molecular flexibility index (Phi) is 6.89. The number of nitrogens with two attached hydrogens (primary N) is 1. The average molecular weight is 525 g/mol. The molecule has 0 radical (unpaired) electrons. The Balaban J connectivity index is 1.28. The van der Waals surface area contributed by atoms with Crippen LogP contribution in [0, 0.1) is 0 Å². The third-order valence-corrected chi connectivity index (χ3v) is 9.40. The number of fused-ring (bicyclic) bond motifs is 3. The Morgan fingerprint density at radius 1 is 1.00 bits per heavy atom. The highest BCUT2D eigenvalue weighted by molar-refractivity contribution is 7.88. The fourth-order valence-electron chi connectivity index (χ4n) is 6.69. The minimum atomic E-state index is -3.44. The van der Waals surface area contributed by atoms with Crippen molar-refractivity contribution in [3.63, 3.8) is 0 Å². The number of amides is 2. The summed E-state index contributed by atoms with van der Waals surface area (Å²) in [6, 6.07) is 16.2. The van der Waals surface area contributed by atoms with E-state index in [1.54, 1.807) is 4.90 Å². The Labute approximate surface area is 219 Å². The quantitative estimate of drug-likeness (QED) is 0.549. The van der Waals surface area contributed by atoms with Gasteiger partial charge in [0.1, 0.15) is 5.54 Å². The molecular weight excluding hydrogens is 488 g/mol. The van der Waals surface area contributed by atoms with E-state index in [-0.39, 0.29) is 37.1 Å². The average Bonchev–Trinajstić information content (AvgIpc) is 3.39. The van der Waals surface area contributed by atoms with E-state index in [1.807, 2.05) is 24.3 Å². The molecule has 198 valence electrons. The lowest BCUT2D eigenvalue weighted by molar-refractivity contribution is -0.128. The predicted octanol–water partition coefficient (Wildman–Crippen LogP) is 2.11. The summed E-state index contributed by atoms with van der Waals surface area (Å²) in [6.07, 6.45) is 6.26. The van der Waals surface area contributed by atoms with Crippen LogP contribution in [0.4, 0.5) is 5.69 Å². The number of para-hydroxylation sites is 1. The number of sulfonamides is 1. The molecule has 1 saturated heterocycles. The third-order valence-electron chi connectivity index (χ3n) is 8.67. The van der Waals surface area contributed by atoms with E-state index in [4.69, 9.17) is 5.73 Å². The molecule has 9 heteroatoms. The Hall–Kier alpha value is -2.75. The van der Waals surface area contributed by atoms with Gasteiger partial charge >= 0.3 is 0 Å². The molecule has 8 nitrogen and oxygen atoms in total. The highest BCUT2D eigenvalue weighted by Gasteiger charge is 2.51. The van der Waals surface area contributed by atoms with Crippen LogP contribution in [0.3, 0.4) is 0 Å². The summed E-state index contributed by atoms with van der Waals surface area (Å²) >= 11 is 0. The molecule has 3 N–H and O–H groups in total. The first kappa shape index (κ1) is 25.9. The normalized spacial score (nSPS) is 22.7. The lowest BCUT2D eigenvalue weighted by Crippen LogP contribution is -2.60. The Morgan fingerprint density at radius 3 is 2.38 bits per heavy atom. The van der Waals surface area contributed by atoms with E-state index in [1.165, 1.54) is 17.5 Å². The number of likely N-dealkylation sites (tertiary alicyclic amines) is 1. The number of aryl methyl sites for hydroxylation is 1. The van der Waals surface area contributed by atoms with Crippen molar-refractivity contribution in [3.8, 4) is 0 Å². The molecule has 2 heterocycles. The predicted molar refractivity (Wildman–Crippen MR) is 144 cm³/mol. The van der Waals surface area contributed by atoms with Gasteiger partial charge in [-0.1, -0.05) is 42.5 Å². The molecule has 1 spiro atoms. The minimum Gasteiger partial charge on any atom is -0.368 e. The van der Waals surface area contributed by atoms with E-state index in [9.17, 15) is 18.0 Å². The van der Waals surface area contributed by atoms with Crippen molar-refractivity contribution in [2.75, 3.05) is 37.3 Å². The van der Waals surface area contributed by atoms with E-state index in [2.05, 4.69) is 33.9 Å². The highest BCUT2D eigenvalue weighted by atomic mass is 32.2. The number of nitrogens with zero attached hydrogens (tertiary/aromatic N) is 2. The maximum Gasteiger partial charge on any atom is 0.244 e. The molecule has 37 heavy (non-hydrogen) atoms. The van der Waals surface area contributed by atoms with Crippen LogP contribution in [0.5, 0.6) is 0 Å². The van der Waals surface area contributed by atoms with Gasteiger partial charge < -0.3 is 10.6 Å². The summed E-state index contributed by atoms with van der Waals surface area (Å²) in [5, 5.41) is 0. The maximum atomic E-state index is 13.7. The van der Waals surface area contributed by atoms with Gasteiger partial charge in [-0.3, -0.25) is 14.5 Å². The fourth-order valence-corrected chi connectivity index (χ4v) is 7.17. The van der Waals surface area contributed by atoms with Crippen LogP contribution >= 0.6 is 0 Å². The summed E-state index contributed by atoms with van der Waals surface area (Å²) < 4.78 is 25.7. The largest absolute Gasteiger partial charge is 0.368 e.